The zero-order valence-corrected chi connectivity index (χ0v) is 11.9. The van der Waals surface area contributed by atoms with Crippen LogP contribution >= 0.6 is 11.6 Å². The van der Waals surface area contributed by atoms with Gasteiger partial charge in [-0.2, -0.15) is 5.10 Å². The Bertz CT molecular complexity index is 603. The summed E-state index contributed by atoms with van der Waals surface area (Å²) >= 11 is 6.00. The minimum atomic E-state index is -0.243. The number of carbonyl (C=O) groups is 1. The summed E-state index contributed by atoms with van der Waals surface area (Å²) in [4.78, 5) is 12.0. The van der Waals surface area contributed by atoms with Crippen molar-refractivity contribution in [3.63, 3.8) is 0 Å². The van der Waals surface area contributed by atoms with Crippen molar-refractivity contribution in [2.24, 2.45) is 0 Å². The molecule has 1 aromatic carbocycles. The van der Waals surface area contributed by atoms with Crippen LogP contribution in [0.4, 0.5) is 0 Å². The Morgan fingerprint density at radius 1 is 1.26 bits per heavy atom. The van der Waals surface area contributed by atoms with Crippen LogP contribution in [-0.2, 0) is 0 Å². The van der Waals surface area contributed by atoms with E-state index >= 15 is 0 Å². The lowest BCUT2D eigenvalue weighted by Gasteiger charge is -2.06. The van der Waals surface area contributed by atoms with E-state index in [0.717, 1.165) is 5.56 Å². The van der Waals surface area contributed by atoms with E-state index in [9.17, 15) is 4.79 Å². The molecule has 100 valence electrons. The second-order valence-electron chi connectivity index (χ2n) is 4.39. The van der Waals surface area contributed by atoms with Gasteiger partial charge in [0, 0.05) is 0 Å². The number of aromatic nitrogens is 2. The van der Waals surface area contributed by atoms with E-state index in [1.54, 1.807) is 13.8 Å². The van der Waals surface area contributed by atoms with Crippen molar-refractivity contribution < 1.29 is 9.53 Å². The summed E-state index contributed by atoms with van der Waals surface area (Å²) in [7, 11) is 0. The molecule has 0 unspecified atom stereocenters. The Hall–Kier alpha value is -1.81. The summed E-state index contributed by atoms with van der Waals surface area (Å²) in [5, 5.41) is 4.61. The Kier molecular flexibility index (Phi) is 3.90. The molecule has 2 rings (SSSR count). The summed E-state index contributed by atoms with van der Waals surface area (Å²) in [6, 6.07) is 7.52. The third-order valence-electron chi connectivity index (χ3n) is 2.82. The van der Waals surface area contributed by atoms with Crippen molar-refractivity contribution in [1.29, 1.82) is 0 Å². The second kappa shape index (κ2) is 5.45. The van der Waals surface area contributed by atoms with Crippen LogP contribution in [0.25, 0.3) is 0 Å². The highest BCUT2D eigenvalue weighted by Gasteiger charge is 2.15. The lowest BCUT2D eigenvalue weighted by atomic mass is 10.2. The van der Waals surface area contributed by atoms with Gasteiger partial charge in [0.15, 0.2) is 6.61 Å². The zero-order valence-electron chi connectivity index (χ0n) is 11.1. The average molecular weight is 279 g/mol. The van der Waals surface area contributed by atoms with E-state index in [-0.39, 0.29) is 12.5 Å². The predicted octanol–water partition coefficient (Wildman–Crippen LogP) is 3.18. The van der Waals surface area contributed by atoms with Gasteiger partial charge in [-0.1, -0.05) is 29.3 Å². The van der Waals surface area contributed by atoms with Crippen LogP contribution in [-0.4, -0.2) is 22.3 Å². The summed E-state index contributed by atoms with van der Waals surface area (Å²) in [5.41, 5.74) is 2.42. The molecule has 19 heavy (non-hydrogen) atoms. The van der Waals surface area contributed by atoms with E-state index in [1.165, 1.54) is 4.68 Å². The van der Waals surface area contributed by atoms with E-state index in [1.807, 2.05) is 31.2 Å². The molecule has 0 aliphatic rings. The summed E-state index contributed by atoms with van der Waals surface area (Å²) < 4.78 is 6.71. The SMILES string of the molecule is Cc1ccc(OCC(=O)n2nc(C)c(Cl)c2C)cc1. The minimum absolute atomic E-state index is 0.0681. The topological polar surface area (TPSA) is 44.1 Å². The highest BCUT2D eigenvalue weighted by atomic mass is 35.5. The number of carbonyl (C=O) groups excluding carboxylic acids is 1. The van der Waals surface area contributed by atoms with E-state index in [0.29, 0.717) is 22.2 Å². The summed E-state index contributed by atoms with van der Waals surface area (Å²) in [6.45, 7) is 5.44. The van der Waals surface area contributed by atoms with Crippen LogP contribution in [0.1, 0.15) is 21.7 Å². The van der Waals surface area contributed by atoms with Gasteiger partial charge < -0.3 is 4.74 Å². The Labute approximate surface area is 116 Å². The standard InChI is InChI=1S/C14H15ClN2O2/c1-9-4-6-12(7-5-9)19-8-13(18)17-11(3)14(15)10(2)16-17/h4-7H,8H2,1-3H3. The number of rotatable bonds is 3. The predicted molar refractivity (Wildman–Crippen MR) is 74.0 cm³/mol. The van der Waals surface area contributed by atoms with E-state index < -0.39 is 0 Å². The van der Waals surface area contributed by atoms with Gasteiger partial charge in [0.2, 0.25) is 0 Å². The molecule has 0 fully saturated rings. The minimum Gasteiger partial charge on any atom is -0.484 e. The molecule has 0 spiro atoms. The second-order valence-corrected chi connectivity index (χ2v) is 4.77. The normalized spacial score (nSPS) is 10.5. The highest BCUT2D eigenvalue weighted by Crippen LogP contribution is 2.19. The molecule has 0 aliphatic carbocycles. The largest absolute Gasteiger partial charge is 0.484 e. The number of nitrogens with zero attached hydrogens (tertiary/aromatic N) is 2. The van der Waals surface area contributed by atoms with Gasteiger partial charge in [-0.15, -0.1) is 0 Å². The molecule has 0 N–H and O–H groups in total. The van der Waals surface area contributed by atoms with Gasteiger partial charge >= 0.3 is 0 Å². The Morgan fingerprint density at radius 3 is 2.42 bits per heavy atom. The first kappa shape index (κ1) is 13.6. The fourth-order valence-corrected chi connectivity index (χ4v) is 1.83. The van der Waals surface area contributed by atoms with Crippen molar-refractivity contribution in [2.45, 2.75) is 20.8 Å². The molecule has 1 aromatic heterocycles. The van der Waals surface area contributed by atoms with E-state index in [2.05, 4.69) is 5.10 Å². The molecule has 0 atom stereocenters. The van der Waals surface area contributed by atoms with Gasteiger partial charge in [0.05, 0.1) is 16.4 Å². The first-order valence-corrected chi connectivity index (χ1v) is 6.31. The van der Waals surface area contributed by atoms with Crippen molar-refractivity contribution in [3.8, 4) is 5.75 Å². The number of halogens is 1. The van der Waals surface area contributed by atoms with Crippen molar-refractivity contribution in [3.05, 3.63) is 46.2 Å². The number of ether oxygens (including phenoxy) is 1. The molecular weight excluding hydrogens is 264 g/mol. The number of hydrogen-bond donors (Lipinski definition) is 0. The lowest BCUT2D eigenvalue weighted by Crippen LogP contribution is -2.21. The van der Waals surface area contributed by atoms with Gasteiger partial charge in [0.25, 0.3) is 5.91 Å². The maximum Gasteiger partial charge on any atom is 0.285 e. The molecule has 0 aliphatic heterocycles. The average Bonchev–Trinajstić information content (AvgIpc) is 2.65. The van der Waals surface area contributed by atoms with Gasteiger partial charge in [-0.3, -0.25) is 4.79 Å². The zero-order chi connectivity index (χ0) is 14.0. The fraction of sp³-hybridized carbons (Fsp3) is 0.286. The van der Waals surface area contributed by atoms with Crippen molar-refractivity contribution in [1.82, 2.24) is 9.78 Å². The molecule has 0 bridgehead atoms. The maximum atomic E-state index is 12.0. The van der Waals surface area contributed by atoms with Crippen molar-refractivity contribution in [2.75, 3.05) is 6.61 Å². The first-order chi connectivity index (χ1) is 8.99. The number of hydrogen-bond acceptors (Lipinski definition) is 3. The van der Waals surface area contributed by atoms with Crippen LogP contribution in [0.2, 0.25) is 5.02 Å². The number of benzene rings is 1. The van der Waals surface area contributed by atoms with Crippen LogP contribution in [0, 0.1) is 20.8 Å². The molecule has 0 radical (unpaired) electrons. The summed E-state index contributed by atoms with van der Waals surface area (Å²) in [5.74, 6) is 0.416. The molecular formula is C14H15ClN2O2. The van der Waals surface area contributed by atoms with Crippen LogP contribution < -0.4 is 4.74 Å². The maximum absolute atomic E-state index is 12.0. The summed E-state index contributed by atoms with van der Waals surface area (Å²) in [6.07, 6.45) is 0. The lowest BCUT2D eigenvalue weighted by molar-refractivity contribution is 0.0818. The third-order valence-corrected chi connectivity index (χ3v) is 3.37. The van der Waals surface area contributed by atoms with Gasteiger partial charge in [-0.05, 0) is 32.9 Å². The molecule has 2 aromatic rings. The van der Waals surface area contributed by atoms with Crippen LogP contribution in [0.3, 0.4) is 0 Å². The highest BCUT2D eigenvalue weighted by molar-refractivity contribution is 6.32. The molecule has 0 saturated heterocycles. The van der Waals surface area contributed by atoms with Crippen LogP contribution in [0.5, 0.6) is 5.75 Å². The van der Waals surface area contributed by atoms with Crippen molar-refractivity contribution >= 4 is 17.5 Å². The molecule has 5 heteroatoms. The fourth-order valence-electron chi connectivity index (χ4n) is 1.71. The third kappa shape index (κ3) is 2.96. The monoisotopic (exact) mass is 278 g/mol. The first-order valence-electron chi connectivity index (χ1n) is 5.93. The van der Waals surface area contributed by atoms with Gasteiger partial charge in [-0.25, -0.2) is 4.68 Å². The Morgan fingerprint density at radius 2 is 1.89 bits per heavy atom. The van der Waals surface area contributed by atoms with Gasteiger partial charge in [0.1, 0.15) is 5.75 Å². The molecule has 4 nitrogen and oxygen atoms in total. The molecule has 1 heterocycles. The molecule has 0 saturated carbocycles. The van der Waals surface area contributed by atoms with E-state index in [4.69, 9.17) is 16.3 Å². The van der Waals surface area contributed by atoms with Crippen LogP contribution in [0.15, 0.2) is 24.3 Å². The quantitative estimate of drug-likeness (QED) is 0.866. The Balaban J connectivity index is 2.05. The smallest absolute Gasteiger partial charge is 0.285 e. The molecule has 0 amide bonds. The number of aryl methyl sites for hydroxylation is 2.